The number of para-hydroxylation sites is 2. The van der Waals surface area contributed by atoms with Gasteiger partial charge in [0, 0.05) is 19.8 Å². The third-order valence-corrected chi connectivity index (χ3v) is 2.89. The summed E-state index contributed by atoms with van der Waals surface area (Å²) in [5.74, 6) is 0.676. The molecule has 0 radical (unpaired) electrons. The Hall–Kier alpha value is -1.75. The van der Waals surface area contributed by atoms with E-state index in [0.29, 0.717) is 24.6 Å². The minimum atomic E-state index is -0.228. The summed E-state index contributed by atoms with van der Waals surface area (Å²) in [5.41, 5.74) is 0.674. The van der Waals surface area contributed by atoms with Crippen molar-refractivity contribution in [3.05, 3.63) is 24.3 Å². The molecular formula is C17H28N2O3. The molecule has 0 unspecified atom stereocenters. The van der Waals surface area contributed by atoms with Crippen molar-refractivity contribution in [2.75, 3.05) is 25.1 Å². The molecule has 0 aliphatic heterocycles. The second kappa shape index (κ2) is 10.9. The van der Waals surface area contributed by atoms with Gasteiger partial charge < -0.3 is 20.1 Å². The molecule has 0 aliphatic carbocycles. The third-order valence-electron chi connectivity index (χ3n) is 2.89. The van der Waals surface area contributed by atoms with Crippen LogP contribution in [0.15, 0.2) is 24.3 Å². The molecule has 2 N–H and O–H groups in total. The number of hydrogen-bond donors (Lipinski definition) is 2. The fraction of sp³-hybridized carbons (Fsp3) is 0.588. The highest BCUT2D eigenvalue weighted by Crippen LogP contribution is 2.24. The molecule has 0 aromatic heterocycles. The van der Waals surface area contributed by atoms with E-state index in [-0.39, 0.29) is 12.1 Å². The normalized spacial score (nSPS) is 10.5. The van der Waals surface area contributed by atoms with Crippen LogP contribution in [0.5, 0.6) is 5.75 Å². The van der Waals surface area contributed by atoms with Crippen molar-refractivity contribution in [2.45, 2.75) is 46.1 Å². The number of unbranched alkanes of at least 4 members (excludes halogenated alkanes) is 1. The number of urea groups is 1. The molecule has 1 rings (SSSR count). The lowest BCUT2D eigenvalue weighted by molar-refractivity contribution is 0.129. The molecule has 1 aromatic carbocycles. The lowest BCUT2D eigenvalue weighted by atomic mass is 10.3. The van der Waals surface area contributed by atoms with Gasteiger partial charge in [0.25, 0.3) is 0 Å². The molecule has 2 amide bonds. The van der Waals surface area contributed by atoms with Gasteiger partial charge in [-0.2, -0.15) is 0 Å². The van der Waals surface area contributed by atoms with Crippen molar-refractivity contribution >= 4 is 11.7 Å². The molecule has 0 aliphatic rings. The van der Waals surface area contributed by atoms with E-state index in [9.17, 15) is 4.79 Å². The number of rotatable bonds is 10. The van der Waals surface area contributed by atoms with Crippen LogP contribution in [0.3, 0.4) is 0 Å². The van der Waals surface area contributed by atoms with Crippen LogP contribution in [-0.4, -0.2) is 31.9 Å². The highest BCUT2D eigenvalue weighted by atomic mass is 16.5. The van der Waals surface area contributed by atoms with Gasteiger partial charge in [-0.05, 0) is 38.8 Å². The number of carbonyl (C=O) groups is 1. The number of amides is 2. The molecule has 0 bridgehead atoms. The number of hydrogen-bond acceptors (Lipinski definition) is 3. The zero-order valence-electron chi connectivity index (χ0n) is 13.9. The fourth-order valence-corrected chi connectivity index (χ4v) is 1.82. The molecule has 1 aromatic rings. The van der Waals surface area contributed by atoms with Crippen LogP contribution in [0.4, 0.5) is 10.5 Å². The van der Waals surface area contributed by atoms with Crippen molar-refractivity contribution in [1.29, 1.82) is 0 Å². The van der Waals surface area contributed by atoms with Gasteiger partial charge in [0.05, 0.1) is 11.8 Å². The summed E-state index contributed by atoms with van der Waals surface area (Å²) >= 11 is 0. The average Bonchev–Trinajstić information content (AvgIpc) is 2.48. The largest absolute Gasteiger partial charge is 0.489 e. The maximum Gasteiger partial charge on any atom is 0.319 e. The number of benzene rings is 1. The Kier molecular flexibility index (Phi) is 9.07. The van der Waals surface area contributed by atoms with Gasteiger partial charge in [-0.15, -0.1) is 0 Å². The molecule has 0 heterocycles. The first-order valence-corrected chi connectivity index (χ1v) is 8.01. The second-order valence-electron chi connectivity index (χ2n) is 5.36. The van der Waals surface area contributed by atoms with E-state index in [2.05, 4.69) is 17.6 Å². The molecule has 0 saturated carbocycles. The van der Waals surface area contributed by atoms with Crippen LogP contribution >= 0.6 is 0 Å². The predicted molar refractivity (Wildman–Crippen MR) is 89.6 cm³/mol. The van der Waals surface area contributed by atoms with E-state index < -0.39 is 0 Å². The number of anilines is 1. The Morgan fingerprint density at radius 2 is 1.91 bits per heavy atom. The molecule has 124 valence electrons. The standard InChI is InChI=1S/C17H28N2O3/c1-4-5-12-21-13-8-11-18-17(20)19-15-9-6-7-10-16(15)22-14(2)3/h6-7,9-10,14H,4-5,8,11-13H2,1-3H3,(H2,18,19,20). The monoisotopic (exact) mass is 308 g/mol. The lowest BCUT2D eigenvalue weighted by Crippen LogP contribution is -2.30. The summed E-state index contributed by atoms with van der Waals surface area (Å²) in [6, 6.07) is 7.19. The van der Waals surface area contributed by atoms with Crippen molar-refractivity contribution in [3.8, 4) is 5.75 Å². The van der Waals surface area contributed by atoms with E-state index in [1.807, 2.05) is 38.1 Å². The predicted octanol–water partition coefficient (Wildman–Crippen LogP) is 3.80. The summed E-state index contributed by atoms with van der Waals surface area (Å²) in [6.45, 7) is 8.10. The van der Waals surface area contributed by atoms with Crippen LogP contribution in [0, 0.1) is 0 Å². The van der Waals surface area contributed by atoms with E-state index in [4.69, 9.17) is 9.47 Å². The molecule has 0 spiro atoms. The second-order valence-corrected chi connectivity index (χ2v) is 5.36. The van der Waals surface area contributed by atoms with Gasteiger partial charge in [-0.1, -0.05) is 25.5 Å². The van der Waals surface area contributed by atoms with Gasteiger partial charge in [-0.25, -0.2) is 4.79 Å². The first kappa shape index (κ1) is 18.3. The minimum Gasteiger partial charge on any atom is -0.489 e. The van der Waals surface area contributed by atoms with E-state index in [1.165, 1.54) is 0 Å². The summed E-state index contributed by atoms with van der Waals surface area (Å²) in [7, 11) is 0. The minimum absolute atomic E-state index is 0.0614. The highest BCUT2D eigenvalue weighted by Gasteiger charge is 2.08. The molecule has 0 saturated heterocycles. The maximum absolute atomic E-state index is 11.9. The number of ether oxygens (including phenoxy) is 2. The van der Waals surface area contributed by atoms with Gasteiger partial charge in [0.2, 0.25) is 0 Å². The number of nitrogens with one attached hydrogen (secondary N) is 2. The summed E-state index contributed by atoms with van der Waals surface area (Å²) in [6.07, 6.45) is 3.09. The Labute approximate surface area is 133 Å². The molecule has 5 heteroatoms. The van der Waals surface area contributed by atoms with Gasteiger partial charge in [0.15, 0.2) is 0 Å². The first-order chi connectivity index (χ1) is 10.6. The summed E-state index contributed by atoms with van der Waals surface area (Å²) in [4.78, 5) is 11.9. The van der Waals surface area contributed by atoms with E-state index in [1.54, 1.807) is 0 Å². The van der Waals surface area contributed by atoms with Crippen LogP contribution in [0.25, 0.3) is 0 Å². The van der Waals surface area contributed by atoms with Gasteiger partial charge >= 0.3 is 6.03 Å². The third kappa shape index (κ3) is 7.88. The lowest BCUT2D eigenvalue weighted by Gasteiger charge is -2.15. The molecule has 5 nitrogen and oxygen atoms in total. The summed E-state index contributed by atoms with van der Waals surface area (Å²) in [5, 5.41) is 5.63. The maximum atomic E-state index is 11.9. The average molecular weight is 308 g/mol. The Morgan fingerprint density at radius 1 is 1.18 bits per heavy atom. The SMILES string of the molecule is CCCCOCCCNC(=O)Nc1ccccc1OC(C)C. The fourth-order valence-electron chi connectivity index (χ4n) is 1.82. The highest BCUT2D eigenvalue weighted by molar-refractivity contribution is 5.90. The zero-order chi connectivity index (χ0) is 16.2. The van der Waals surface area contributed by atoms with E-state index >= 15 is 0 Å². The van der Waals surface area contributed by atoms with Crippen molar-refractivity contribution in [2.24, 2.45) is 0 Å². The molecular weight excluding hydrogens is 280 g/mol. The Bertz CT molecular complexity index is 436. The van der Waals surface area contributed by atoms with Gasteiger partial charge in [-0.3, -0.25) is 0 Å². The smallest absolute Gasteiger partial charge is 0.319 e. The molecule has 0 fully saturated rings. The molecule has 22 heavy (non-hydrogen) atoms. The zero-order valence-corrected chi connectivity index (χ0v) is 13.9. The van der Waals surface area contributed by atoms with Crippen LogP contribution < -0.4 is 15.4 Å². The quantitative estimate of drug-likeness (QED) is 0.646. The number of carbonyl (C=O) groups excluding carboxylic acids is 1. The van der Waals surface area contributed by atoms with Crippen molar-refractivity contribution in [1.82, 2.24) is 5.32 Å². The van der Waals surface area contributed by atoms with Gasteiger partial charge in [0.1, 0.15) is 5.75 Å². The van der Waals surface area contributed by atoms with Crippen LogP contribution in [0.2, 0.25) is 0 Å². The van der Waals surface area contributed by atoms with Crippen LogP contribution in [-0.2, 0) is 4.74 Å². The Balaban J connectivity index is 2.27. The van der Waals surface area contributed by atoms with E-state index in [0.717, 1.165) is 25.9 Å². The Morgan fingerprint density at radius 3 is 2.64 bits per heavy atom. The first-order valence-electron chi connectivity index (χ1n) is 8.01. The summed E-state index contributed by atoms with van der Waals surface area (Å²) < 4.78 is 11.1. The topological polar surface area (TPSA) is 59.6 Å². The van der Waals surface area contributed by atoms with Crippen molar-refractivity contribution < 1.29 is 14.3 Å². The van der Waals surface area contributed by atoms with Crippen LogP contribution in [0.1, 0.15) is 40.0 Å². The molecule has 0 atom stereocenters. The van der Waals surface area contributed by atoms with Crippen molar-refractivity contribution in [3.63, 3.8) is 0 Å².